The van der Waals surface area contributed by atoms with Gasteiger partial charge in [-0.25, -0.2) is 8.42 Å². The van der Waals surface area contributed by atoms with Crippen LogP contribution in [0.4, 0.5) is 5.69 Å². The fourth-order valence-electron chi connectivity index (χ4n) is 2.90. The van der Waals surface area contributed by atoms with Crippen LogP contribution < -0.4 is 14.2 Å². The number of ether oxygens (including phenoxy) is 2. The number of anilines is 1. The predicted octanol–water partition coefficient (Wildman–Crippen LogP) is 3.77. The lowest BCUT2D eigenvalue weighted by molar-refractivity contribution is 0.254. The Hall–Kier alpha value is -2.21. The Balaban J connectivity index is 1.94. The van der Waals surface area contributed by atoms with Crippen LogP contribution in [0, 0.1) is 0 Å². The van der Waals surface area contributed by atoms with Crippen LogP contribution in [0.2, 0.25) is 0 Å². The summed E-state index contributed by atoms with van der Waals surface area (Å²) in [6, 6.07) is 10.5. The van der Waals surface area contributed by atoms with Gasteiger partial charge >= 0.3 is 0 Å². The fraction of sp³-hybridized carbons (Fsp3) is 0.368. The van der Waals surface area contributed by atoms with Crippen molar-refractivity contribution in [1.82, 2.24) is 0 Å². The molecule has 1 unspecified atom stereocenters. The molecule has 6 heteroatoms. The molecule has 0 radical (unpaired) electrons. The topological polar surface area (TPSA) is 64.6 Å². The van der Waals surface area contributed by atoms with Gasteiger partial charge in [-0.1, -0.05) is 19.1 Å². The van der Waals surface area contributed by atoms with Crippen molar-refractivity contribution in [2.45, 2.75) is 44.6 Å². The molecule has 5 nitrogen and oxygen atoms in total. The molecule has 0 fully saturated rings. The molecule has 0 aromatic heterocycles. The Morgan fingerprint density at radius 2 is 1.92 bits per heavy atom. The first-order valence-corrected chi connectivity index (χ1v) is 9.99. The molecule has 1 aliphatic rings. The van der Waals surface area contributed by atoms with Gasteiger partial charge in [-0.15, -0.1) is 0 Å². The van der Waals surface area contributed by atoms with Crippen LogP contribution in [-0.2, 0) is 22.9 Å². The number of nitrogens with one attached hydrogen (secondary N) is 1. The van der Waals surface area contributed by atoms with Crippen molar-refractivity contribution >= 4 is 15.7 Å². The third-order valence-corrected chi connectivity index (χ3v) is 5.57. The van der Waals surface area contributed by atoms with Gasteiger partial charge < -0.3 is 9.47 Å². The maximum absolute atomic E-state index is 12.7. The summed E-state index contributed by atoms with van der Waals surface area (Å²) in [7, 11) is -3.70. The van der Waals surface area contributed by atoms with E-state index in [0.717, 1.165) is 24.0 Å². The molecule has 1 N–H and O–H groups in total. The summed E-state index contributed by atoms with van der Waals surface area (Å²) >= 11 is 0. The highest BCUT2D eigenvalue weighted by Gasteiger charge is 2.24. The van der Waals surface area contributed by atoms with Crippen LogP contribution in [-0.4, -0.2) is 21.1 Å². The molecular formula is C19H23NO4S. The third-order valence-electron chi connectivity index (χ3n) is 4.18. The van der Waals surface area contributed by atoms with Gasteiger partial charge in [-0.2, -0.15) is 0 Å². The molecule has 1 heterocycles. The highest BCUT2D eigenvalue weighted by molar-refractivity contribution is 7.92. The van der Waals surface area contributed by atoms with E-state index < -0.39 is 10.0 Å². The lowest BCUT2D eigenvalue weighted by Gasteiger charge is -2.15. The Morgan fingerprint density at radius 1 is 1.20 bits per heavy atom. The summed E-state index contributed by atoms with van der Waals surface area (Å²) in [5.41, 5.74) is 2.52. The van der Waals surface area contributed by atoms with Gasteiger partial charge in [0.25, 0.3) is 10.0 Å². The Bertz CT molecular complexity index is 860. The molecule has 25 heavy (non-hydrogen) atoms. The number of sulfonamides is 1. The first kappa shape index (κ1) is 17.6. The van der Waals surface area contributed by atoms with E-state index in [4.69, 9.17) is 9.47 Å². The fourth-order valence-corrected chi connectivity index (χ4v) is 3.96. The Labute approximate surface area is 149 Å². The van der Waals surface area contributed by atoms with Crippen molar-refractivity contribution in [2.24, 2.45) is 0 Å². The zero-order valence-corrected chi connectivity index (χ0v) is 15.5. The molecule has 0 saturated heterocycles. The summed E-state index contributed by atoms with van der Waals surface area (Å²) in [4.78, 5) is 0.224. The molecule has 0 bridgehead atoms. The van der Waals surface area contributed by atoms with Gasteiger partial charge in [0.05, 0.1) is 17.2 Å². The number of hydrogen-bond acceptors (Lipinski definition) is 4. The highest BCUT2D eigenvalue weighted by Crippen LogP contribution is 2.38. The average molecular weight is 361 g/mol. The summed E-state index contributed by atoms with van der Waals surface area (Å²) in [6.07, 6.45) is 1.74. The van der Waals surface area contributed by atoms with Gasteiger partial charge in [0.2, 0.25) is 0 Å². The summed E-state index contributed by atoms with van der Waals surface area (Å²) < 4.78 is 39.4. The van der Waals surface area contributed by atoms with Gasteiger partial charge in [-0.05, 0) is 44.0 Å². The first-order valence-electron chi connectivity index (χ1n) is 8.51. The monoisotopic (exact) mass is 361 g/mol. The van der Waals surface area contributed by atoms with Crippen LogP contribution in [0.3, 0.4) is 0 Å². The highest BCUT2D eigenvalue weighted by atomic mass is 32.2. The van der Waals surface area contributed by atoms with Crippen LogP contribution >= 0.6 is 0 Å². The molecule has 2 aromatic carbocycles. The van der Waals surface area contributed by atoms with Crippen LogP contribution in [0.5, 0.6) is 11.5 Å². The van der Waals surface area contributed by atoms with Crippen molar-refractivity contribution in [1.29, 1.82) is 0 Å². The lowest BCUT2D eigenvalue weighted by Crippen LogP contribution is -2.14. The van der Waals surface area contributed by atoms with Gasteiger partial charge in [0.15, 0.2) is 0 Å². The predicted molar refractivity (Wildman–Crippen MR) is 98.0 cm³/mol. The van der Waals surface area contributed by atoms with E-state index in [2.05, 4.69) is 4.72 Å². The zero-order chi connectivity index (χ0) is 18.0. The average Bonchev–Trinajstić information content (AvgIpc) is 2.94. The Morgan fingerprint density at radius 3 is 2.56 bits per heavy atom. The molecule has 3 rings (SSSR count). The van der Waals surface area contributed by atoms with E-state index in [0.29, 0.717) is 23.8 Å². The molecule has 1 aliphatic heterocycles. The second-order valence-electron chi connectivity index (χ2n) is 6.12. The summed E-state index contributed by atoms with van der Waals surface area (Å²) in [5.74, 6) is 1.22. The van der Waals surface area contributed by atoms with E-state index in [1.165, 1.54) is 0 Å². The lowest BCUT2D eigenvalue weighted by atomic mass is 10.1. The third kappa shape index (κ3) is 3.74. The molecule has 134 valence electrons. The summed E-state index contributed by atoms with van der Waals surface area (Å²) in [6.45, 7) is 6.34. The number of aryl methyl sites for hydroxylation is 1. The second kappa shape index (κ2) is 6.96. The molecule has 2 aromatic rings. The molecule has 0 saturated carbocycles. The molecule has 0 amide bonds. The van der Waals surface area contributed by atoms with E-state index in [9.17, 15) is 8.42 Å². The SMILES string of the molecule is CCOc1cc2c(cc1NS(=O)(=O)c1ccc(CC)cc1)OC(C)C2. The van der Waals surface area contributed by atoms with Crippen molar-refractivity contribution in [3.05, 3.63) is 47.5 Å². The number of hydrogen-bond donors (Lipinski definition) is 1. The quantitative estimate of drug-likeness (QED) is 0.851. The summed E-state index contributed by atoms with van der Waals surface area (Å²) in [5, 5.41) is 0. The van der Waals surface area contributed by atoms with Crippen molar-refractivity contribution in [3.63, 3.8) is 0 Å². The van der Waals surface area contributed by atoms with Crippen molar-refractivity contribution in [2.75, 3.05) is 11.3 Å². The van der Waals surface area contributed by atoms with Crippen LogP contribution in [0.25, 0.3) is 0 Å². The first-order chi connectivity index (χ1) is 11.9. The van der Waals surface area contributed by atoms with Crippen molar-refractivity contribution in [3.8, 4) is 11.5 Å². The molecule has 0 spiro atoms. The van der Waals surface area contributed by atoms with Gasteiger partial charge in [0, 0.05) is 18.1 Å². The van der Waals surface area contributed by atoms with E-state index in [1.54, 1.807) is 18.2 Å². The molecule has 1 atom stereocenters. The molecular weight excluding hydrogens is 338 g/mol. The standard InChI is InChI=1S/C19H23NO4S/c1-4-14-6-8-16(9-7-14)25(21,22)20-17-12-18-15(10-13(3)24-18)11-19(17)23-5-2/h6-9,11-13,20H,4-5,10H2,1-3H3. The van der Waals surface area contributed by atoms with Gasteiger partial charge in [-0.3, -0.25) is 4.72 Å². The van der Waals surface area contributed by atoms with E-state index >= 15 is 0 Å². The molecule has 0 aliphatic carbocycles. The maximum Gasteiger partial charge on any atom is 0.262 e. The maximum atomic E-state index is 12.7. The second-order valence-corrected chi connectivity index (χ2v) is 7.81. The van der Waals surface area contributed by atoms with Crippen LogP contribution in [0.1, 0.15) is 31.9 Å². The minimum absolute atomic E-state index is 0.0814. The number of fused-ring (bicyclic) bond motifs is 1. The van der Waals surface area contributed by atoms with E-state index in [-0.39, 0.29) is 11.0 Å². The zero-order valence-electron chi connectivity index (χ0n) is 14.7. The minimum atomic E-state index is -3.70. The smallest absolute Gasteiger partial charge is 0.262 e. The number of benzene rings is 2. The largest absolute Gasteiger partial charge is 0.492 e. The van der Waals surface area contributed by atoms with Crippen LogP contribution in [0.15, 0.2) is 41.3 Å². The normalized spacial score (nSPS) is 16.2. The Kier molecular flexibility index (Phi) is 4.90. The minimum Gasteiger partial charge on any atom is -0.492 e. The van der Waals surface area contributed by atoms with Gasteiger partial charge in [0.1, 0.15) is 17.6 Å². The number of rotatable bonds is 6. The van der Waals surface area contributed by atoms with Crippen molar-refractivity contribution < 1.29 is 17.9 Å². The van der Waals surface area contributed by atoms with E-state index in [1.807, 2.05) is 39.0 Å².